The van der Waals surface area contributed by atoms with E-state index in [1.54, 1.807) is 31.2 Å². The van der Waals surface area contributed by atoms with Crippen molar-refractivity contribution in [2.75, 3.05) is 13.1 Å². The molecule has 1 amide bonds. The van der Waals surface area contributed by atoms with Gasteiger partial charge in [0.1, 0.15) is 6.29 Å². The molecule has 0 aliphatic rings. The highest BCUT2D eigenvalue weighted by Gasteiger charge is 2.24. The highest BCUT2D eigenvalue weighted by atomic mass is 35.5. The van der Waals surface area contributed by atoms with Crippen LogP contribution in [0.25, 0.3) is 0 Å². The predicted molar refractivity (Wildman–Crippen MR) is 78.5 cm³/mol. The second-order valence-corrected chi connectivity index (χ2v) is 5.29. The maximum atomic E-state index is 12.3. The van der Waals surface area contributed by atoms with E-state index in [0.717, 1.165) is 12.7 Å². The third-order valence-electron chi connectivity index (χ3n) is 2.94. The molecule has 1 aromatic carbocycles. The summed E-state index contributed by atoms with van der Waals surface area (Å²) >= 11 is 5.86. The third-order valence-corrected chi connectivity index (χ3v) is 3.18. The number of aliphatic hydroxyl groups is 1. The lowest BCUT2D eigenvalue weighted by Gasteiger charge is -2.26. The van der Waals surface area contributed by atoms with Gasteiger partial charge in [-0.2, -0.15) is 0 Å². The maximum absolute atomic E-state index is 12.3. The van der Waals surface area contributed by atoms with E-state index < -0.39 is 12.0 Å². The van der Waals surface area contributed by atoms with Gasteiger partial charge in [-0.25, -0.2) is 0 Å². The van der Waals surface area contributed by atoms with Gasteiger partial charge in [0.05, 0.1) is 0 Å². The Kier molecular flexibility index (Phi) is 6.68. The lowest BCUT2D eigenvalue weighted by molar-refractivity contribution is -0.141. The first kappa shape index (κ1) is 16.7. The molecule has 5 heteroatoms. The molecule has 0 aliphatic heterocycles. The Labute approximate surface area is 124 Å². The number of carbonyl (C=O) groups excluding carboxylic acids is 2. The molecule has 0 saturated heterocycles. The van der Waals surface area contributed by atoms with Crippen LogP contribution in [0, 0.1) is 5.92 Å². The number of halogens is 1. The van der Waals surface area contributed by atoms with E-state index >= 15 is 0 Å². The Morgan fingerprint density at radius 1 is 1.50 bits per heavy atom. The molecule has 0 bridgehead atoms. The lowest BCUT2D eigenvalue weighted by Crippen LogP contribution is -2.39. The molecule has 1 aromatic rings. The summed E-state index contributed by atoms with van der Waals surface area (Å²) in [4.78, 5) is 24.6. The molecule has 0 fully saturated rings. The SMILES string of the molecule is CCCN(CC(C)C=O)C(=O)C(O)c1cccc(Cl)c1. The largest absolute Gasteiger partial charge is 0.378 e. The molecule has 0 saturated carbocycles. The minimum absolute atomic E-state index is 0.253. The highest BCUT2D eigenvalue weighted by molar-refractivity contribution is 6.30. The van der Waals surface area contributed by atoms with E-state index in [0.29, 0.717) is 23.7 Å². The van der Waals surface area contributed by atoms with Crippen LogP contribution in [-0.2, 0) is 9.59 Å². The minimum Gasteiger partial charge on any atom is -0.378 e. The molecular weight excluding hydrogens is 278 g/mol. The van der Waals surface area contributed by atoms with E-state index in [-0.39, 0.29) is 5.92 Å². The van der Waals surface area contributed by atoms with Crippen molar-refractivity contribution in [2.45, 2.75) is 26.4 Å². The third kappa shape index (κ3) is 4.62. The number of amides is 1. The van der Waals surface area contributed by atoms with Crippen LogP contribution < -0.4 is 0 Å². The summed E-state index contributed by atoms with van der Waals surface area (Å²) in [5.74, 6) is -0.653. The Hall–Kier alpha value is -1.39. The summed E-state index contributed by atoms with van der Waals surface area (Å²) in [7, 11) is 0. The van der Waals surface area contributed by atoms with Crippen molar-refractivity contribution in [1.29, 1.82) is 0 Å². The fraction of sp³-hybridized carbons (Fsp3) is 0.467. The first-order valence-corrected chi connectivity index (χ1v) is 7.05. The van der Waals surface area contributed by atoms with Gasteiger partial charge in [0.15, 0.2) is 6.10 Å². The number of nitrogens with zero attached hydrogens (tertiary/aromatic N) is 1. The second-order valence-electron chi connectivity index (χ2n) is 4.86. The predicted octanol–water partition coefficient (Wildman–Crippen LogP) is 2.45. The van der Waals surface area contributed by atoms with Crippen LogP contribution in [0.2, 0.25) is 5.02 Å². The van der Waals surface area contributed by atoms with Crippen molar-refractivity contribution in [3.8, 4) is 0 Å². The fourth-order valence-electron chi connectivity index (χ4n) is 1.94. The topological polar surface area (TPSA) is 57.6 Å². The van der Waals surface area contributed by atoms with Crippen LogP contribution in [0.1, 0.15) is 31.9 Å². The molecule has 20 heavy (non-hydrogen) atoms. The van der Waals surface area contributed by atoms with E-state index in [1.165, 1.54) is 4.90 Å². The van der Waals surface area contributed by atoms with E-state index in [9.17, 15) is 14.7 Å². The molecule has 2 atom stereocenters. The molecule has 0 aromatic heterocycles. The smallest absolute Gasteiger partial charge is 0.256 e. The van der Waals surface area contributed by atoms with Crippen molar-refractivity contribution in [3.05, 3.63) is 34.9 Å². The molecule has 1 N–H and O–H groups in total. The van der Waals surface area contributed by atoms with E-state index in [1.807, 2.05) is 6.92 Å². The number of hydrogen-bond donors (Lipinski definition) is 1. The van der Waals surface area contributed by atoms with Gasteiger partial charge in [-0.1, -0.05) is 37.6 Å². The van der Waals surface area contributed by atoms with Gasteiger partial charge >= 0.3 is 0 Å². The molecule has 2 unspecified atom stereocenters. The zero-order valence-electron chi connectivity index (χ0n) is 11.8. The van der Waals surface area contributed by atoms with Crippen LogP contribution in [-0.4, -0.2) is 35.3 Å². The zero-order chi connectivity index (χ0) is 15.1. The summed E-state index contributed by atoms with van der Waals surface area (Å²) < 4.78 is 0. The normalized spacial score (nSPS) is 13.6. The first-order chi connectivity index (χ1) is 9.49. The molecule has 1 rings (SSSR count). The molecule has 0 aliphatic carbocycles. The summed E-state index contributed by atoms with van der Waals surface area (Å²) in [6.07, 6.45) is 0.320. The van der Waals surface area contributed by atoms with E-state index in [2.05, 4.69) is 0 Å². The van der Waals surface area contributed by atoms with Crippen molar-refractivity contribution in [1.82, 2.24) is 4.90 Å². The number of aldehydes is 1. The summed E-state index contributed by atoms with van der Waals surface area (Å²) in [5.41, 5.74) is 0.461. The quantitative estimate of drug-likeness (QED) is 0.787. The van der Waals surface area contributed by atoms with Crippen molar-refractivity contribution >= 4 is 23.8 Å². The van der Waals surface area contributed by atoms with Gasteiger partial charge < -0.3 is 14.8 Å². The molecule has 110 valence electrons. The van der Waals surface area contributed by atoms with Crippen LogP contribution in [0.5, 0.6) is 0 Å². The van der Waals surface area contributed by atoms with Gasteiger partial charge in [0.2, 0.25) is 0 Å². The Balaban J connectivity index is 2.85. The Bertz CT molecular complexity index is 464. The number of carbonyl (C=O) groups is 2. The summed E-state index contributed by atoms with van der Waals surface area (Å²) in [6.45, 7) is 4.51. The van der Waals surface area contributed by atoms with Crippen LogP contribution >= 0.6 is 11.6 Å². The van der Waals surface area contributed by atoms with Crippen LogP contribution in [0.4, 0.5) is 0 Å². The zero-order valence-corrected chi connectivity index (χ0v) is 12.5. The van der Waals surface area contributed by atoms with Crippen molar-refractivity contribution in [3.63, 3.8) is 0 Å². The monoisotopic (exact) mass is 297 g/mol. The molecule has 0 radical (unpaired) electrons. The standard InChI is InChI=1S/C15H20ClNO3/c1-3-7-17(9-11(2)10-18)15(20)14(19)12-5-4-6-13(16)8-12/h4-6,8,10-11,14,19H,3,7,9H2,1-2H3. The average molecular weight is 298 g/mol. The maximum Gasteiger partial charge on any atom is 0.256 e. The van der Waals surface area contributed by atoms with Gasteiger partial charge in [0.25, 0.3) is 5.91 Å². The number of benzene rings is 1. The molecule has 0 heterocycles. The van der Waals surface area contributed by atoms with Gasteiger partial charge in [0, 0.05) is 24.0 Å². The Morgan fingerprint density at radius 2 is 2.20 bits per heavy atom. The minimum atomic E-state index is -1.25. The highest BCUT2D eigenvalue weighted by Crippen LogP contribution is 2.20. The summed E-state index contributed by atoms with van der Waals surface area (Å²) in [5, 5.41) is 10.6. The Morgan fingerprint density at radius 3 is 2.75 bits per heavy atom. The number of aliphatic hydroxyl groups excluding tert-OH is 1. The van der Waals surface area contributed by atoms with Gasteiger partial charge in [-0.3, -0.25) is 4.79 Å². The lowest BCUT2D eigenvalue weighted by atomic mass is 10.1. The molecular formula is C15H20ClNO3. The van der Waals surface area contributed by atoms with E-state index in [4.69, 9.17) is 11.6 Å². The van der Waals surface area contributed by atoms with Gasteiger partial charge in [-0.05, 0) is 24.1 Å². The van der Waals surface area contributed by atoms with Crippen LogP contribution in [0.15, 0.2) is 24.3 Å². The molecule has 4 nitrogen and oxygen atoms in total. The fourth-order valence-corrected chi connectivity index (χ4v) is 2.14. The first-order valence-electron chi connectivity index (χ1n) is 6.67. The molecule has 0 spiro atoms. The van der Waals surface area contributed by atoms with Crippen LogP contribution in [0.3, 0.4) is 0 Å². The average Bonchev–Trinajstić information content (AvgIpc) is 2.45. The van der Waals surface area contributed by atoms with Crippen molar-refractivity contribution in [2.24, 2.45) is 5.92 Å². The summed E-state index contributed by atoms with van der Waals surface area (Å²) in [6, 6.07) is 6.59. The number of rotatable bonds is 7. The van der Waals surface area contributed by atoms with Gasteiger partial charge in [-0.15, -0.1) is 0 Å². The second kappa shape index (κ2) is 8.02. The van der Waals surface area contributed by atoms with Crippen molar-refractivity contribution < 1.29 is 14.7 Å². The number of hydrogen-bond acceptors (Lipinski definition) is 3.